The predicted octanol–water partition coefficient (Wildman–Crippen LogP) is 1.49. The molecule has 0 aliphatic carbocycles. The summed E-state index contributed by atoms with van der Waals surface area (Å²) in [7, 11) is 1.93. The van der Waals surface area contributed by atoms with Gasteiger partial charge in [0.25, 0.3) is 0 Å². The second kappa shape index (κ2) is 3.04. The van der Waals surface area contributed by atoms with Gasteiger partial charge in [-0.2, -0.15) is 5.10 Å². The van der Waals surface area contributed by atoms with Gasteiger partial charge in [0.1, 0.15) is 16.9 Å². The van der Waals surface area contributed by atoms with Crippen molar-refractivity contribution in [3.05, 3.63) is 23.9 Å². The molecule has 0 saturated carbocycles. The van der Waals surface area contributed by atoms with Crippen molar-refractivity contribution >= 4 is 16.7 Å². The van der Waals surface area contributed by atoms with Gasteiger partial charge in [-0.1, -0.05) is 6.92 Å². The van der Waals surface area contributed by atoms with Crippen molar-refractivity contribution in [2.24, 2.45) is 7.05 Å². The van der Waals surface area contributed by atoms with Crippen LogP contribution in [0, 0.1) is 6.92 Å². The first-order chi connectivity index (χ1) is 7.72. The Morgan fingerprint density at radius 1 is 1.38 bits per heavy atom. The average Bonchev–Trinajstić information content (AvgIpc) is 2.83. The molecular weight excluding hydrogens is 202 g/mol. The second-order valence-electron chi connectivity index (χ2n) is 3.91. The maximum absolute atomic E-state index is 4.65. The Labute approximate surface area is 92.7 Å². The van der Waals surface area contributed by atoms with E-state index in [-0.39, 0.29) is 0 Å². The number of aryl methyl sites for hydroxylation is 3. The SMILES string of the molecule is CCc1nc2c(C)nn(C)c2c2nccn12. The molecule has 0 aliphatic rings. The number of rotatable bonds is 1. The molecule has 5 nitrogen and oxygen atoms in total. The molecule has 3 rings (SSSR count). The predicted molar refractivity (Wildman–Crippen MR) is 61.4 cm³/mol. The summed E-state index contributed by atoms with van der Waals surface area (Å²) in [6, 6.07) is 0. The van der Waals surface area contributed by atoms with Crippen molar-refractivity contribution in [3.63, 3.8) is 0 Å². The van der Waals surface area contributed by atoms with Gasteiger partial charge in [0, 0.05) is 25.9 Å². The van der Waals surface area contributed by atoms with Gasteiger partial charge in [0.15, 0.2) is 5.65 Å². The Hall–Kier alpha value is -1.91. The summed E-state index contributed by atoms with van der Waals surface area (Å²) in [6.07, 6.45) is 4.64. The third-order valence-corrected chi connectivity index (χ3v) is 2.88. The number of aromatic nitrogens is 5. The fourth-order valence-electron chi connectivity index (χ4n) is 2.15. The Morgan fingerprint density at radius 3 is 2.94 bits per heavy atom. The van der Waals surface area contributed by atoms with Gasteiger partial charge in [-0.15, -0.1) is 0 Å². The molecule has 5 heteroatoms. The molecule has 3 aromatic rings. The Morgan fingerprint density at radius 2 is 2.19 bits per heavy atom. The highest BCUT2D eigenvalue weighted by atomic mass is 15.3. The minimum absolute atomic E-state index is 0.886. The minimum atomic E-state index is 0.886. The largest absolute Gasteiger partial charge is 0.286 e. The van der Waals surface area contributed by atoms with E-state index in [4.69, 9.17) is 0 Å². The minimum Gasteiger partial charge on any atom is -0.286 e. The van der Waals surface area contributed by atoms with Crippen LogP contribution in [0.4, 0.5) is 0 Å². The monoisotopic (exact) mass is 215 g/mol. The molecule has 0 aliphatic heterocycles. The highest BCUT2D eigenvalue weighted by Gasteiger charge is 2.13. The lowest BCUT2D eigenvalue weighted by Gasteiger charge is -2.03. The second-order valence-corrected chi connectivity index (χ2v) is 3.91. The summed E-state index contributed by atoms with van der Waals surface area (Å²) in [4.78, 5) is 9.05. The molecule has 82 valence electrons. The molecule has 3 aromatic heterocycles. The first kappa shape index (κ1) is 9.33. The molecule has 0 bridgehead atoms. The van der Waals surface area contributed by atoms with Crippen LogP contribution in [0.2, 0.25) is 0 Å². The standard InChI is InChI=1S/C11H13N5/c1-4-8-13-9-7(2)14-15(3)10(9)11-12-5-6-16(8)11/h5-6H,4H2,1-3H3. The van der Waals surface area contributed by atoms with Gasteiger partial charge in [-0.3, -0.25) is 9.08 Å². The number of hydrogen-bond donors (Lipinski definition) is 0. The zero-order chi connectivity index (χ0) is 11.3. The van der Waals surface area contributed by atoms with E-state index in [1.165, 1.54) is 0 Å². The van der Waals surface area contributed by atoms with Crippen LogP contribution in [-0.2, 0) is 13.5 Å². The molecule has 0 fully saturated rings. The van der Waals surface area contributed by atoms with E-state index < -0.39 is 0 Å². The topological polar surface area (TPSA) is 48.0 Å². The molecular formula is C11H13N5. The average molecular weight is 215 g/mol. The lowest BCUT2D eigenvalue weighted by Crippen LogP contribution is -2.01. The number of hydrogen-bond acceptors (Lipinski definition) is 3. The van der Waals surface area contributed by atoms with E-state index in [2.05, 4.69) is 22.0 Å². The molecule has 0 radical (unpaired) electrons. The third-order valence-electron chi connectivity index (χ3n) is 2.88. The van der Waals surface area contributed by atoms with E-state index in [0.717, 1.165) is 34.6 Å². The van der Waals surface area contributed by atoms with Crippen LogP contribution in [-0.4, -0.2) is 24.1 Å². The molecule has 3 heterocycles. The zero-order valence-electron chi connectivity index (χ0n) is 9.60. The van der Waals surface area contributed by atoms with Gasteiger partial charge in [-0.25, -0.2) is 9.97 Å². The van der Waals surface area contributed by atoms with Crippen molar-refractivity contribution in [3.8, 4) is 0 Å². The summed E-state index contributed by atoms with van der Waals surface area (Å²) < 4.78 is 3.88. The van der Waals surface area contributed by atoms with Gasteiger partial charge >= 0.3 is 0 Å². The van der Waals surface area contributed by atoms with Crippen LogP contribution in [0.5, 0.6) is 0 Å². The molecule has 0 saturated heterocycles. The van der Waals surface area contributed by atoms with Crippen LogP contribution in [0.3, 0.4) is 0 Å². The van der Waals surface area contributed by atoms with E-state index >= 15 is 0 Å². The van der Waals surface area contributed by atoms with Crippen LogP contribution in [0.1, 0.15) is 18.4 Å². The van der Waals surface area contributed by atoms with Gasteiger partial charge < -0.3 is 0 Å². The number of imidazole rings is 1. The van der Waals surface area contributed by atoms with E-state index in [0.29, 0.717) is 0 Å². The normalized spacial score (nSPS) is 11.7. The zero-order valence-corrected chi connectivity index (χ0v) is 9.60. The van der Waals surface area contributed by atoms with Gasteiger partial charge in [-0.05, 0) is 6.92 Å². The molecule has 0 unspecified atom stereocenters. The summed E-state index contributed by atoms with van der Waals surface area (Å²) in [5.41, 5.74) is 3.85. The summed E-state index contributed by atoms with van der Waals surface area (Å²) in [5.74, 6) is 1.02. The lowest BCUT2D eigenvalue weighted by molar-refractivity contribution is 0.782. The Bertz CT molecular complexity index is 676. The molecule has 0 amide bonds. The van der Waals surface area contributed by atoms with Crippen molar-refractivity contribution in [1.82, 2.24) is 24.1 Å². The lowest BCUT2D eigenvalue weighted by atomic mass is 10.3. The fraction of sp³-hybridized carbons (Fsp3) is 0.364. The maximum atomic E-state index is 4.65. The summed E-state index contributed by atoms with van der Waals surface area (Å²) >= 11 is 0. The smallest absolute Gasteiger partial charge is 0.166 e. The maximum Gasteiger partial charge on any atom is 0.166 e. The molecule has 0 N–H and O–H groups in total. The molecule has 16 heavy (non-hydrogen) atoms. The van der Waals surface area contributed by atoms with Crippen LogP contribution < -0.4 is 0 Å². The van der Waals surface area contributed by atoms with E-state index in [1.54, 1.807) is 6.20 Å². The first-order valence-corrected chi connectivity index (χ1v) is 5.37. The van der Waals surface area contributed by atoms with Gasteiger partial charge in [0.2, 0.25) is 0 Å². The number of nitrogens with zero attached hydrogens (tertiary/aromatic N) is 5. The third kappa shape index (κ3) is 1.02. The highest BCUT2D eigenvalue weighted by molar-refractivity contribution is 5.89. The van der Waals surface area contributed by atoms with Crippen molar-refractivity contribution in [2.45, 2.75) is 20.3 Å². The molecule has 0 atom stereocenters. The molecule has 0 aromatic carbocycles. The van der Waals surface area contributed by atoms with Gasteiger partial charge in [0.05, 0.1) is 5.69 Å². The highest BCUT2D eigenvalue weighted by Crippen LogP contribution is 2.20. The summed E-state index contributed by atoms with van der Waals surface area (Å²) in [6.45, 7) is 4.08. The van der Waals surface area contributed by atoms with Crippen molar-refractivity contribution < 1.29 is 0 Å². The van der Waals surface area contributed by atoms with Crippen LogP contribution >= 0.6 is 0 Å². The van der Waals surface area contributed by atoms with Crippen molar-refractivity contribution in [1.29, 1.82) is 0 Å². The quantitative estimate of drug-likeness (QED) is 0.618. The first-order valence-electron chi connectivity index (χ1n) is 5.37. The van der Waals surface area contributed by atoms with E-state index in [1.807, 2.05) is 29.3 Å². The van der Waals surface area contributed by atoms with Crippen LogP contribution in [0.25, 0.3) is 16.7 Å². The van der Waals surface area contributed by atoms with E-state index in [9.17, 15) is 0 Å². The Kier molecular flexibility index (Phi) is 1.77. The molecule has 0 spiro atoms. The van der Waals surface area contributed by atoms with Crippen molar-refractivity contribution in [2.75, 3.05) is 0 Å². The fourth-order valence-corrected chi connectivity index (χ4v) is 2.15. The number of fused-ring (bicyclic) bond motifs is 3. The Balaban J connectivity index is 2.61. The van der Waals surface area contributed by atoms with Crippen LogP contribution in [0.15, 0.2) is 12.4 Å². The summed E-state index contributed by atoms with van der Waals surface area (Å²) in [5, 5.41) is 4.40.